The largest absolute Gasteiger partial charge is 0.392 e. The van der Waals surface area contributed by atoms with Crippen LogP contribution in [0.1, 0.15) is 30.4 Å². The standard InChI is InChI=1S/C12H15FO2/c13-12-6-5-10(8-11(12)9-15)4-2-1-3-7-14/h5-8,15H,1-4,9H2. The van der Waals surface area contributed by atoms with Crippen LogP contribution in [0.15, 0.2) is 18.2 Å². The smallest absolute Gasteiger partial charge is 0.128 e. The molecular formula is C12H15FO2. The van der Waals surface area contributed by atoms with Crippen molar-refractivity contribution in [2.75, 3.05) is 0 Å². The Morgan fingerprint density at radius 1 is 1.33 bits per heavy atom. The number of hydrogen-bond donors (Lipinski definition) is 1. The quantitative estimate of drug-likeness (QED) is 0.577. The molecule has 0 aromatic heterocycles. The highest BCUT2D eigenvalue weighted by Gasteiger charge is 2.02. The maximum atomic E-state index is 13.0. The van der Waals surface area contributed by atoms with Crippen LogP contribution in [0.5, 0.6) is 0 Å². The molecule has 0 atom stereocenters. The lowest BCUT2D eigenvalue weighted by atomic mass is 10.0. The van der Waals surface area contributed by atoms with E-state index in [1.165, 1.54) is 6.07 Å². The molecule has 0 amide bonds. The molecule has 15 heavy (non-hydrogen) atoms. The summed E-state index contributed by atoms with van der Waals surface area (Å²) in [5.74, 6) is -0.367. The number of carbonyl (C=O) groups excluding carboxylic acids is 1. The number of carbonyl (C=O) groups is 1. The Hall–Kier alpha value is -1.22. The van der Waals surface area contributed by atoms with Gasteiger partial charge >= 0.3 is 0 Å². The van der Waals surface area contributed by atoms with Gasteiger partial charge in [0.25, 0.3) is 0 Å². The van der Waals surface area contributed by atoms with Gasteiger partial charge in [0.2, 0.25) is 0 Å². The van der Waals surface area contributed by atoms with Gasteiger partial charge in [0, 0.05) is 12.0 Å². The third-order valence-corrected chi connectivity index (χ3v) is 2.32. The first-order valence-electron chi connectivity index (χ1n) is 5.09. The molecule has 0 aliphatic rings. The number of unbranched alkanes of at least 4 members (excludes halogenated alkanes) is 2. The van der Waals surface area contributed by atoms with Crippen LogP contribution in [0.2, 0.25) is 0 Å². The number of rotatable bonds is 6. The first-order chi connectivity index (χ1) is 7.27. The molecule has 2 nitrogen and oxygen atoms in total. The molecule has 0 unspecified atom stereocenters. The minimum absolute atomic E-state index is 0.270. The molecule has 1 N–H and O–H groups in total. The van der Waals surface area contributed by atoms with Gasteiger partial charge < -0.3 is 9.90 Å². The van der Waals surface area contributed by atoms with E-state index in [0.29, 0.717) is 12.0 Å². The SMILES string of the molecule is O=CCCCCc1ccc(F)c(CO)c1. The second kappa shape index (κ2) is 6.30. The van der Waals surface area contributed by atoms with Gasteiger partial charge in [-0.2, -0.15) is 0 Å². The zero-order valence-electron chi connectivity index (χ0n) is 8.58. The van der Waals surface area contributed by atoms with E-state index >= 15 is 0 Å². The minimum Gasteiger partial charge on any atom is -0.392 e. The summed E-state index contributed by atoms with van der Waals surface area (Å²) in [6.07, 6.45) is 4.07. The summed E-state index contributed by atoms with van der Waals surface area (Å²) < 4.78 is 13.0. The molecule has 0 fully saturated rings. The highest BCUT2D eigenvalue weighted by molar-refractivity contribution is 5.48. The second-order valence-corrected chi connectivity index (χ2v) is 3.50. The van der Waals surface area contributed by atoms with Gasteiger partial charge in [-0.3, -0.25) is 0 Å². The van der Waals surface area contributed by atoms with Crippen molar-refractivity contribution in [2.45, 2.75) is 32.3 Å². The van der Waals surface area contributed by atoms with Crippen LogP contribution in [0, 0.1) is 5.82 Å². The first-order valence-corrected chi connectivity index (χ1v) is 5.09. The molecule has 0 bridgehead atoms. The lowest BCUT2D eigenvalue weighted by molar-refractivity contribution is -0.107. The minimum atomic E-state index is -0.367. The van der Waals surface area contributed by atoms with Gasteiger partial charge in [0.15, 0.2) is 0 Å². The summed E-state index contributed by atoms with van der Waals surface area (Å²) in [6.45, 7) is -0.270. The lowest BCUT2D eigenvalue weighted by Crippen LogP contribution is -1.93. The van der Waals surface area contributed by atoms with Gasteiger partial charge in [0.05, 0.1) is 6.61 Å². The number of aryl methyl sites for hydroxylation is 1. The fourth-order valence-electron chi connectivity index (χ4n) is 1.46. The van der Waals surface area contributed by atoms with Crippen LogP contribution in [-0.4, -0.2) is 11.4 Å². The van der Waals surface area contributed by atoms with Gasteiger partial charge in [-0.25, -0.2) is 4.39 Å². The maximum Gasteiger partial charge on any atom is 0.128 e. The number of halogens is 1. The molecular weight excluding hydrogens is 195 g/mol. The summed E-state index contributed by atoms with van der Waals surface area (Å²) in [7, 11) is 0. The highest BCUT2D eigenvalue weighted by atomic mass is 19.1. The van der Waals surface area contributed by atoms with Crippen molar-refractivity contribution < 1.29 is 14.3 Å². The van der Waals surface area contributed by atoms with E-state index in [-0.39, 0.29) is 12.4 Å². The third-order valence-electron chi connectivity index (χ3n) is 2.32. The van der Waals surface area contributed by atoms with Crippen molar-refractivity contribution in [3.05, 3.63) is 35.1 Å². The molecule has 0 spiro atoms. The zero-order chi connectivity index (χ0) is 11.1. The number of aliphatic hydroxyl groups is 1. The molecule has 1 aromatic rings. The van der Waals surface area contributed by atoms with Gasteiger partial charge in [-0.1, -0.05) is 12.1 Å². The molecule has 0 aliphatic heterocycles. The van der Waals surface area contributed by atoms with Crippen LogP contribution >= 0.6 is 0 Å². The summed E-state index contributed by atoms with van der Waals surface area (Å²) >= 11 is 0. The van der Waals surface area contributed by atoms with E-state index in [2.05, 4.69) is 0 Å². The molecule has 1 aromatic carbocycles. The molecule has 0 radical (unpaired) electrons. The fraction of sp³-hybridized carbons (Fsp3) is 0.417. The van der Waals surface area contributed by atoms with Crippen molar-refractivity contribution in [2.24, 2.45) is 0 Å². The normalized spacial score (nSPS) is 10.3. The van der Waals surface area contributed by atoms with Crippen molar-refractivity contribution in [3.8, 4) is 0 Å². The van der Waals surface area contributed by atoms with Gasteiger partial charge in [0.1, 0.15) is 12.1 Å². The number of benzene rings is 1. The van der Waals surface area contributed by atoms with Crippen molar-refractivity contribution in [1.29, 1.82) is 0 Å². The maximum absolute atomic E-state index is 13.0. The molecule has 3 heteroatoms. The van der Waals surface area contributed by atoms with E-state index in [1.54, 1.807) is 12.1 Å². The Labute approximate surface area is 88.7 Å². The topological polar surface area (TPSA) is 37.3 Å². The fourth-order valence-corrected chi connectivity index (χ4v) is 1.46. The average molecular weight is 210 g/mol. The average Bonchev–Trinajstić information content (AvgIpc) is 2.26. The van der Waals surface area contributed by atoms with Crippen LogP contribution in [-0.2, 0) is 17.8 Å². The van der Waals surface area contributed by atoms with Crippen molar-refractivity contribution >= 4 is 6.29 Å². The Kier molecular flexibility index (Phi) is 4.98. The third kappa shape index (κ3) is 3.80. The Bertz CT molecular complexity index is 323. The molecule has 0 saturated carbocycles. The Morgan fingerprint density at radius 3 is 2.80 bits per heavy atom. The Balaban J connectivity index is 2.50. The molecule has 0 heterocycles. The van der Waals surface area contributed by atoms with Crippen LogP contribution in [0.4, 0.5) is 4.39 Å². The van der Waals surface area contributed by atoms with Crippen LogP contribution in [0.3, 0.4) is 0 Å². The van der Waals surface area contributed by atoms with E-state index in [0.717, 1.165) is 31.1 Å². The van der Waals surface area contributed by atoms with Crippen LogP contribution < -0.4 is 0 Å². The summed E-state index contributed by atoms with van der Waals surface area (Å²) in [5, 5.41) is 8.87. The predicted molar refractivity (Wildman–Crippen MR) is 55.9 cm³/mol. The molecule has 82 valence electrons. The van der Waals surface area contributed by atoms with Crippen LogP contribution in [0.25, 0.3) is 0 Å². The highest BCUT2D eigenvalue weighted by Crippen LogP contribution is 2.13. The van der Waals surface area contributed by atoms with Crippen molar-refractivity contribution in [1.82, 2.24) is 0 Å². The Morgan fingerprint density at radius 2 is 2.13 bits per heavy atom. The molecule has 1 rings (SSSR count). The monoisotopic (exact) mass is 210 g/mol. The summed E-state index contributed by atoms with van der Waals surface area (Å²) in [5.41, 5.74) is 1.34. The van der Waals surface area contributed by atoms with Gasteiger partial charge in [-0.15, -0.1) is 0 Å². The van der Waals surface area contributed by atoms with E-state index in [4.69, 9.17) is 5.11 Å². The number of aldehydes is 1. The van der Waals surface area contributed by atoms with E-state index < -0.39 is 0 Å². The summed E-state index contributed by atoms with van der Waals surface area (Å²) in [4.78, 5) is 10.1. The van der Waals surface area contributed by atoms with E-state index in [1.807, 2.05) is 0 Å². The molecule has 0 saturated heterocycles. The molecule has 0 aliphatic carbocycles. The van der Waals surface area contributed by atoms with Crippen molar-refractivity contribution in [3.63, 3.8) is 0 Å². The zero-order valence-corrected chi connectivity index (χ0v) is 8.58. The number of hydrogen-bond acceptors (Lipinski definition) is 2. The summed E-state index contributed by atoms with van der Waals surface area (Å²) in [6, 6.07) is 4.77. The second-order valence-electron chi connectivity index (χ2n) is 3.50. The van der Waals surface area contributed by atoms with Gasteiger partial charge in [-0.05, 0) is 30.9 Å². The lowest BCUT2D eigenvalue weighted by Gasteiger charge is -2.04. The predicted octanol–water partition coefficient (Wildman–Crippen LogP) is 2.23. The number of aliphatic hydroxyl groups excluding tert-OH is 1. The first kappa shape index (κ1) is 11.9. The van der Waals surface area contributed by atoms with E-state index in [9.17, 15) is 9.18 Å².